The molecule has 1 aliphatic rings. The van der Waals surface area contributed by atoms with Gasteiger partial charge in [-0.25, -0.2) is 0 Å². The first-order valence-corrected chi connectivity index (χ1v) is 7.96. The third-order valence-corrected chi connectivity index (χ3v) is 4.57. The number of benzene rings is 1. The zero-order valence-corrected chi connectivity index (χ0v) is 11.9. The molecule has 1 N–H and O–H groups in total. The third kappa shape index (κ3) is 4.54. The first-order chi connectivity index (χ1) is 8.88. The summed E-state index contributed by atoms with van der Waals surface area (Å²) in [5, 5.41) is 4.48. The molecule has 0 bridgehead atoms. The van der Waals surface area contributed by atoms with Crippen LogP contribution in [0.5, 0.6) is 5.75 Å². The Hall–Kier alpha value is -0.670. The highest BCUT2D eigenvalue weighted by Crippen LogP contribution is 2.29. The molecular weight excluding hydrogens is 242 g/mol. The van der Waals surface area contributed by atoms with Crippen molar-refractivity contribution in [2.45, 2.75) is 37.5 Å². The van der Waals surface area contributed by atoms with Crippen LogP contribution in [0.15, 0.2) is 30.3 Å². The fraction of sp³-hybridized carbons (Fsp3) is 0.600. The number of thioether (sulfide) groups is 1. The van der Waals surface area contributed by atoms with Gasteiger partial charge in [0.1, 0.15) is 12.4 Å². The Morgan fingerprint density at radius 1 is 1.28 bits per heavy atom. The highest BCUT2D eigenvalue weighted by Gasteiger charge is 2.23. The lowest BCUT2D eigenvalue weighted by atomic mass is 10.2. The van der Waals surface area contributed by atoms with E-state index in [1.54, 1.807) is 0 Å². The highest BCUT2D eigenvalue weighted by molar-refractivity contribution is 7.99. The molecule has 1 saturated carbocycles. The summed E-state index contributed by atoms with van der Waals surface area (Å²) < 4.78 is 5.67. The molecule has 1 aromatic rings. The Morgan fingerprint density at radius 3 is 2.89 bits per heavy atom. The average Bonchev–Trinajstić information content (AvgIpc) is 2.84. The summed E-state index contributed by atoms with van der Waals surface area (Å²) in [6, 6.07) is 10.7. The monoisotopic (exact) mass is 265 g/mol. The lowest BCUT2D eigenvalue weighted by Gasteiger charge is -2.13. The van der Waals surface area contributed by atoms with E-state index in [0.29, 0.717) is 6.04 Å². The molecule has 18 heavy (non-hydrogen) atoms. The highest BCUT2D eigenvalue weighted by atomic mass is 32.2. The van der Waals surface area contributed by atoms with Crippen LogP contribution >= 0.6 is 11.8 Å². The van der Waals surface area contributed by atoms with Crippen molar-refractivity contribution in [3.63, 3.8) is 0 Å². The van der Waals surface area contributed by atoms with Gasteiger partial charge in [0.05, 0.1) is 0 Å². The van der Waals surface area contributed by atoms with Crippen molar-refractivity contribution in [3.05, 3.63) is 30.3 Å². The van der Waals surface area contributed by atoms with Gasteiger partial charge in [-0.3, -0.25) is 0 Å². The van der Waals surface area contributed by atoms with Gasteiger partial charge in [0.2, 0.25) is 0 Å². The van der Waals surface area contributed by atoms with E-state index < -0.39 is 0 Å². The molecule has 3 heteroatoms. The molecule has 2 unspecified atom stereocenters. The minimum atomic E-state index is 0.702. The van der Waals surface area contributed by atoms with E-state index in [1.165, 1.54) is 25.0 Å². The van der Waals surface area contributed by atoms with Crippen LogP contribution in [0.1, 0.15) is 26.2 Å². The quantitative estimate of drug-likeness (QED) is 0.764. The number of para-hydroxylation sites is 1. The minimum absolute atomic E-state index is 0.702. The zero-order valence-electron chi connectivity index (χ0n) is 11.1. The molecule has 0 saturated heterocycles. The van der Waals surface area contributed by atoms with Crippen LogP contribution in [0.3, 0.4) is 0 Å². The third-order valence-electron chi connectivity index (χ3n) is 3.33. The van der Waals surface area contributed by atoms with Gasteiger partial charge in [-0.05, 0) is 37.1 Å². The van der Waals surface area contributed by atoms with Gasteiger partial charge in [0, 0.05) is 17.8 Å². The molecule has 2 rings (SSSR count). The van der Waals surface area contributed by atoms with E-state index in [4.69, 9.17) is 4.74 Å². The number of rotatable bonds is 7. The maximum Gasteiger partial charge on any atom is 0.119 e. The van der Waals surface area contributed by atoms with Crippen LogP contribution in [0.2, 0.25) is 0 Å². The molecule has 2 nitrogen and oxygen atoms in total. The topological polar surface area (TPSA) is 21.3 Å². The molecule has 0 spiro atoms. The summed E-state index contributed by atoms with van der Waals surface area (Å²) in [5.41, 5.74) is 0. The number of hydrogen-bond acceptors (Lipinski definition) is 3. The van der Waals surface area contributed by atoms with Crippen molar-refractivity contribution in [3.8, 4) is 5.75 Å². The van der Waals surface area contributed by atoms with Gasteiger partial charge >= 0.3 is 0 Å². The predicted molar refractivity (Wildman–Crippen MR) is 79.5 cm³/mol. The van der Waals surface area contributed by atoms with E-state index in [0.717, 1.165) is 24.2 Å². The molecule has 0 heterocycles. The van der Waals surface area contributed by atoms with E-state index in [-0.39, 0.29) is 0 Å². The van der Waals surface area contributed by atoms with E-state index in [2.05, 4.69) is 24.0 Å². The molecular formula is C15H23NOS. The van der Waals surface area contributed by atoms with Crippen LogP contribution in [0, 0.1) is 0 Å². The molecule has 1 fully saturated rings. The molecule has 1 aromatic carbocycles. The zero-order chi connectivity index (χ0) is 12.6. The Bertz CT molecular complexity index is 331. The van der Waals surface area contributed by atoms with Crippen molar-refractivity contribution in [1.29, 1.82) is 0 Å². The van der Waals surface area contributed by atoms with E-state index in [1.807, 2.05) is 30.3 Å². The summed E-state index contributed by atoms with van der Waals surface area (Å²) in [4.78, 5) is 0. The van der Waals surface area contributed by atoms with Gasteiger partial charge < -0.3 is 10.1 Å². The Balaban J connectivity index is 1.56. The summed E-state index contributed by atoms with van der Waals surface area (Å²) in [6.45, 7) is 3.95. The standard InChI is InChI=1S/C15H23NOS/c1-2-18-15-9-8-13(12-15)16-10-11-17-14-6-4-3-5-7-14/h3-7,13,15-16H,2,8-12H2,1H3. The molecule has 100 valence electrons. The van der Waals surface area contributed by atoms with Crippen LogP contribution in [0.4, 0.5) is 0 Å². The lowest BCUT2D eigenvalue weighted by molar-refractivity contribution is 0.305. The minimum Gasteiger partial charge on any atom is -0.492 e. The largest absolute Gasteiger partial charge is 0.492 e. The summed E-state index contributed by atoms with van der Waals surface area (Å²) in [5.74, 6) is 2.21. The normalized spacial score (nSPS) is 23.2. The van der Waals surface area contributed by atoms with E-state index >= 15 is 0 Å². The van der Waals surface area contributed by atoms with Crippen molar-refractivity contribution < 1.29 is 4.74 Å². The van der Waals surface area contributed by atoms with Crippen LogP contribution in [-0.4, -0.2) is 30.2 Å². The van der Waals surface area contributed by atoms with Gasteiger partial charge in [-0.15, -0.1) is 0 Å². The maximum atomic E-state index is 5.67. The maximum absolute atomic E-state index is 5.67. The Labute approximate surface area is 114 Å². The van der Waals surface area contributed by atoms with Gasteiger partial charge in [-0.2, -0.15) is 11.8 Å². The first-order valence-electron chi connectivity index (χ1n) is 6.91. The second kappa shape index (κ2) is 7.70. The molecule has 1 aliphatic carbocycles. The van der Waals surface area contributed by atoms with Gasteiger partial charge in [0.25, 0.3) is 0 Å². The first kappa shape index (κ1) is 13.8. The molecule has 0 aliphatic heterocycles. The second-order valence-electron chi connectivity index (χ2n) is 4.70. The second-order valence-corrected chi connectivity index (χ2v) is 6.28. The SMILES string of the molecule is CCSC1CCC(NCCOc2ccccc2)C1. The fourth-order valence-electron chi connectivity index (χ4n) is 2.46. The summed E-state index contributed by atoms with van der Waals surface area (Å²) >= 11 is 2.11. The van der Waals surface area contributed by atoms with Gasteiger partial charge in [0.15, 0.2) is 0 Å². The predicted octanol–water partition coefficient (Wildman–Crippen LogP) is 3.33. The van der Waals surface area contributed by atoms with Crippen molar-refractivity contribution in [2.24, 2.45) is 0 Å². The Kier molecular flexibility index (Phi) is 5.88. The molecule has 2 atom stereocenters. The van der Waals surface area contributed by atoms with Crippen molar-refractivity contribution in [1.82, 2.24) is 5.32 Å². The van der Waals surface area contributed by atoms with Crippen LogP contribution < -0.4 is 10.1 Å². The van der Waals surface area contributed by atoms with Crippen LogP contribution in [0.25, 0.3) is 0 Å². The van der Waals surface area contributed by atoms with E-state index in [9.17, 15) is 0 Å². The summed E-state index contributed by atoms with van der Waals surface area (Å²) in [6.07, 6.45) is 4.02. The Morgan fingerprint density at radius 2 is 2.11 bits per heavy atom. The van der Waals surface area contributed by atoms with Gasteiger partial charge in [-0.1, -0.05) is 25.1 Å². The molecule has 0 amide bonds. The van der Waals surface area contributed by atoms with Crippen LogP contribution in [-0.2, 0) is 0 Å². The number of hydrogen-bond donors (Lipinski definition) is 1. The van der Waals surface area contributed by atoms with Crippen molar-refractivity contribution >= 4 is 11.8 Å². The molecule has 0 aromatic heterocycles. The van der Waals surface area contributed by atoms with Crippen molar-refractivity contribution in [2.75, 3.05) is 18.9 Å². The summed E-state index contributed by atoms with van der Waals surface area (Å²) in [7, 11) is 0. The molecule has 0 radical (unpaired) electrons. The smallest absolute Gasteiger partial charge is 0.119 e. The number of ether oxygens (including phenoxy) is 1. The average molecular weight is 265 g/mol. The lowest BCUT2D eigenvalue weighted by Crippen LogP contribution is -2.30. The fourth-order valence-corrected chi connectivity index (χ4v) is 3.60. The number of nitrogens with one attached hydrogen (secondary N) is 1.